The maximum atomic E-state index is 5.53. The predicted octanol–water partition coefficient (Wildman–Crippen LogP) is 1.90. The molecule has 1 aliphatic heterocycles. The van der Waals surface area contributed by atoms with Crippen LogP contribution in [0, 0.1) is 0 Å². The predicted molar refractivity (Wildman–Crippen MR) is 56.1 cm³/mol. The van der Waals surface area contributed by atoms with Gasteiger partial charge in [0.25, 0.3) is 0 Å². The zero-order chi connectivity index (χ0) is 8.81. The second-order valence-corrected chi connectivity index (χ2v) is 4.81. The van der Waals surface area contributed by atoms with Gasteiger partial charge >= 0.3 is 0 Å². The quantitative estimate of drug-likeness (QED) is 0.523. The van der Waals surface area contributed by atoms with Crippen molar-refractivity contribution in [1.82, 2.24) is 5.43 Å². The van der Waals surface area contributed by atoms with Gasteiger partial charge in [-0.25, -0.2) is 0 Å². The van der Waals surface area contributed by atoms with Crippen molar-refractivity contribution in [3.63, 3.8) is 0 Å². The van der Waals surface area contributed by atoms with Gasteiger partial charge in [-0.15, -0.1) is 0 Å². The summed E-state index contributed by atoms with van der Waals surface area (Å²) in [5, 5.41) is 0.767. The van der Waals surface area contributed by atoms with E-state index in [1.54, 1.807) is 0 Å². The summed E-state index contributed by atoms with van der Waals surface area (Å²) in [5.41, 5.74) is 2.95. The summed E-state index contributed by atoms with van der Waals surface area (Å²) >= 11 is 2.09. The molecule has 2 unspecified atom stereocenters. The van der Waals surface area contributed by atoms with Gasteiger partial charge in [0.1, 0.15) is 0 Å². The molecule has 0 radical (unpaired) electrons. The van der Waals surface area contributed by atoms with Crippen LogP contribution >= 0.6 is 11.8 Å². The third-order valence-electron chi connectivity index (χ3n) is 2.48. The Morgan fingerprint density at radius 2 is 2.42 bits per heavy atom. The second kappa shape index (κ2) is 5.84. The zero-order valence-corrected chi connectivity index (χ0v) is 8.70. The normalized spacial score (nSPS) is 27.0. The molecule has 0 bridgehead atoms. The Kier molecular flexibility index (Phi) is 5.04. The van der Waals surface area contributed by atoms with E-state index < -0.39 is 0 Å². The van der Waals surface area contributed by atoms with Crippen molar-refractivity contribution in [2.24, 2.45) is 5.84 Å². The molecule has 0 amide bonds. The average Bonchev–Trinajstić information content (AvgIpc) is 2.15. The van der Waals surface area contributed by atoms with Crippen LogP contribution in [0.3, 0.4) is 0 Å². The topological polar surface area (TPSA) is 38.0 Å². The number of thioether (sulfide) groups is 1. The van der Waals surface area contributed by atoms with Crippen LogP contribution < -0.4 is 11.3 Å². The van der Waals surface area contributed by atoms with Gasteiger partial charge < -0.3 is 0 Å². The number of nitrogens with one attached hydrogen (secondary N) is 1. The minimum Gasteiger partial charge on any atom is -0.271 e. The molecule has 2 atom stereocenters. The molecule has 2 nitrogen and oxygen atoms in total. The number of nitrogens with two attached hydrogens (primary N) is 1. The summed E-state index contributed by atoms with van der Waals surface area (Å²) in [6.07, 6.45) is 6.57. The van der Waals surface area contributed by atoms with Gasteiger partial charge in [0.15, 0.2) is 0 Å². The van der Waals surface area contributed by atoms with Crippen molar-refractivity contribution >= 4 is 11.8 Å². The van der Waals surface area contributed by atoms with Crippen molar-refractivity contribution in [1.29, 1.82) is 0 Å². The lowest BCUT2D eigenvalue weighted by Crippen LogP contribution is -2.43. The van der Waals surface area contributed by atoms with Gasteiger partial charge in [0, 0.05) is 11.3 Å². The van der Waals surface area contributed by atoms with Crippen LogP contribution in [0.25, 0.3) is 0 Å². The van der Waals surface area contributed by atoms with E-state index in [0.717, 1.165) is 5.25 Å². The Bertz CT molecular complexity index is 110. The van der Waals surface area contributed by atoms with E-state index in [1.807, 2.05) is 0 Å². The fraction of sp³-hybridized carbons (Fsp3) is 1.00. The summed E-state index contributed by atoms with van der Waals surface area (Å²) in [5.74, 6) is 6.85. The maximum absolute atomic E-state index is 5.53. The van der Waals surface area contributed by atoms with Crippen molar-refractivity contribution in [3.8, 4) is 0 Å². The summed E-state index contributed by atoms with van der Waals surface area (Å²) in [6, 6.07) is 0.542. The van der Waals surface area contributed by atoms with Crippen molar-refractivity contribution < 1.29 is 0 Å². The van der Waals surface area contributed by atoms with E-state index >= 15 is 0 Å². The summed E-state index contributed by atoms with van der Waals surface area (Å²) in [7, 11) is 0. The largest absolute Gasteiger partial charge is 0.271 e. The molecule has 1 saturated heterocycles. The van der Waals surface area contributed by atoms with E-state index in [2.05, 4.69) is 24.1 Å². The first-order valence-electron chi connectivity index (χ1n) is 4.96. The van der Waals surface area contributed by atoms with Gasteiger partial charge in [0.05, 0.1) is 0 Å². The van der Waals surface area contributed by atoms with Crippen molar-refractivity contribution in [3.05, 3.63) is 0 Å². The smallest absolute Gasteiger partial charge is 0.0329 e. The fourth-order valence-corrected chi connectivity index (χ4v) is 3.22. The molecular formula is C9H20N2S. The minimum atomic E-state index is 0.542. The van der Waals surface area contributed by atoms with Crippen molar-refractivity contribution in [2.75, 3.05) is 5.75 Å². The number of hydrazine groups is 1. The molecule has 3 heteroatoms. The molecule has 1 fully saturated rings. The average molecular weight is 188 g/mol. The summed E-state index contributed by atoms with van der Waals surface area (Å²) < 4.78 is 0. The second-order valence-electron chi connectivity index (χ2n) is 3.47. The third-order valence-corrected chi connectivity index (χ3v) is 3.99. The highest BCUT2D eigenvalue weighted by Crippen LogP contribution is 2.28. The van der Waals surface area contributed by atoms with E-state index in [-0.39, 0.29) is 0 Å². The molecule has 1 rings (SSSR count). The Balaban J connectivity index is 2.29. The Morgan fingerprint density at radius 3 is 2.92 bits per heavy atom. The van der Waals surface area contributed by atoms with Crippen LogP contribution in [0.15, 0.2) is 0 Å². The SMILES string of the molecule is CCCC(NN)C1CCCCS1. The lowest BCUT2D eigenvalue weighted by atomic mass is 10.0. The van der Waals surface area contributed by atoms with Crippen LogP contribution in [-0.2, 0) is 0 Å². The molecule has 0 spiro atoms. The summed E-state index contributed by atoms with van der Waals surface area (Å²) in [4.78, 5) is 0. The third kappa shape index (κ3) is 2.96. The summed E-state index contributed by atoms with van der Waals surface area (Å²) in [6.45, 7) is 2.22. The monoisotopic (exact) mass is 188 g/mol. The number of hydrogen-bond acceptors (Lipinski definition) is 3. The molecule has 3 N–H and O–H groups in total. The lowest BCUT2D eigenvalue weighted by Gasteiger charge is -2.28. The first-order valence-corrected chi connectivity index (χ1v) is 6.01. The first-order chi connectivity index (χ1) is 5.88. The molecular weight excluding hydrogens is 168 g/mol. The number of hydrogen-bond donors (Lipinski definition) is 2. The zero-order valence-electron chi connectivity index (χ0n) is 7.88. The first kappa shape index (κ1) is 10.4. The molecule has 0 saturated carbocycles. The van der Waals surface area contributed by atoms with E-state index in [4.69, 9.17) is 5.84 Å². The van der Waals surface area contributed by atoms with E-state index in [9.17, 15) is 0 Å². The highest BCUT2D eigenvalue weighted by atomic mass is 32.2. The van der Waals surface area contributed by atoms with Gasteiger partial charge in [-0.2, -0.15) is 11.8 Å². The van der Waals surface area contributed by atoms with Crippen LogP contribution in [0.2, 0.25) is 0 Å². The molecule has 1 heterocycles. The molecule has 0 aromatic carbocycles. The van der Waals surface area contributed by atoms with Crippen LogP contribution in [0.1, 0.15) is 39.0 Å². The maximum Gasteiger partial charge on any atom is 0.0329 e. The highest BCUT2D eigenvalue weighted by molar-refractivity contribution is 8.00. The molecule has 0 aromatic rings. The Labute approximate surface area is 79.6 Å². The molecule has 0 aromatic heterocycles. The Morgan fingerprint density at radius 1 is 1.58 bits per heavy atom. The van der Waals surface area contributed by atoms with E-state index in [1.165, 1.54) is 37.9 Å². The Hall–Kier alpha value is 0.270. The number of rotatable bonds is 4. The fourth-order valence-electron chi connectivity index (χ4n) is 1.77. The van der Waals surface area contributed by atoms with Gasteiger partial charge in [-0.3, -0.25) is 11.3 Å². The molecule has 0 aliphatic carbocycles. The highest BCUT2D eigenvalue weighted by Gasteiger charge is 2.21. The van der Waals surface area contributed by atoms with E-state index in [0.29, 0.717) is 6.04 Å². The molecule has 12 heavy (non-hydrogen) atoms. The van der Waals surface area contributed by atoms with Crippen LogP contribution in [-0.4, -0.2) is 17.0 Å². The lowest BCUT2D eigenvalue weighted by molar-refractivity contribution is 0.445. The van der Waals surface area contributed by atoms with Crippen molar-refractivity contribution in [2.45, 2.75) is 50.3 Å². The van der Waals surface area contributed by atoms with Gasteiger partial charge in [0.2, 0.25) is 0 Å². The van der Waals surface area contributed by atoms with Gasteiger partial charge in [-0.1, -0.05) is 19.8 Å². The minimum absolute atomic E-state index is 0.542. The van der Waals surface area contributed by atoms with Crippen LogP contribution in [0.5, 0.6) is 0 Å². The van der Waals surface area contributed by atoms with Gasteiger partial charge in [-0.05, 0) is 25.0 Å². The molecule has 72 valence electrons. The standard InChI is InChI=1S/C9H20N2S/c1-2-5-8(11-10)9-6-3-4-7-12-9/h8-9,11H,2-7,10H2,1H3. The van der Waals surface area contributed by atoms with Crippen LogP contribution in [0.4, 0.5) is 0 Å². The molecule has 1 aliphatic rings.